The maximum absolute atomic E-state index is 12.6. The Morgan fingerprint density at radius 2 is 1.55 bits per heavy atom. The standard InChI is InChI=1S/C19H17Br3O7/c1-26-15(23)6-10-4-11(20)18(12(21)5-10)29-14-8-19(28-3,9-16(24)27-2)7-13(22)17(14)25/h4-5,7-8H,6,9H2,1-3H3. The van der Waals surface area contributed by atoms with E-state index in [4.69, 9.17) is 14.2 Å². The summed E-state index contributed by atoms with van der Waals surface area (Å²) < 4.78 is 21.9. The van der Waals surface area contributed by atoms with Crippen molar-refractivity contribution in [3.8, 4) is 5.75 Å². The largest absolute Gasteiger partial charge is 0.469 e. The quantitative estimate of drug-likeness (QED) is 0.440. The molecule has 0 fully saturated rings. The molecule has 1 aromatic rings. The molecule has 0 bridgehead atoms. The zero-order valence-electron chi connectivity index (χ0n) is 15.7. The molecule has 29 heavy (non-hydrogen) atoms. The Balaban J connectivity index is 2.39. The van der Waals surface area contributed by atoms with Gasteiger partial charge in [0.05, 0.1) is 40.5 Å². The van der Waals surface area contributed by atoms with Gasteiger partial charge in [-0.25, -0.2) is 0 Å². The Labute approximate surface area is 192 Å². The molecule has 1 aromatic carbocycles. The van der Waals surface area contributed by atoms with Crippen molar-refractivity contribution in [1.29, 1.82) is 0 Å². The topological polar surface area (TPSA) is 88.1 Å². The average Bonchev–Trinajstić information content (AvgIpc) is 2.67. The molecule has 0 heterocycles. The molecule has 0 amide bonds. The summed E-state index contributed by atoms with van der Waals surface area (Å²) in [6.07, 6.45) is 2.85. The molecule has 10 heteroatoms. The number of Topliss-reactive ketones (excluding diaryl/α,β-unsaturated/α-hetero) is 1. The fourth-order valence-electron chi connectivity index (χ4n) is 2.55. The molecule has 156 valence electrons. The van der Waals surface area contributed by atoms with Gasteiger partial charge in [0.1, 0.15) is 5.60 Å². The molecule has 0 aliphatic heterocycles. The maximum Gasteiger partial charge on any atom is 0.309 e. The van der Waals surface area contributed by atoms with E-state index >= 15 is 0 Å². The summed E-state index contributed by atoms with van der Waals surface area (Å²) in [4.78, 5) is 35.9. The van der Waals surface area contributed by atoms with E-state index in [1.807, 2.05) is 0 Å². The second kappa shape index (κ2) is 10.0. The summed E-state index contributed by atoms with van der Waals surface area (Å²) in [5.74, 6) is -1.03. The van der Waals surface area contributed by atoms with Crippen molar-refractivity contribution in [2.75, 3.05) is 21.3 Å². The van der Waals surface area contributed by atoms with Crippen LogP contribution in [-0.4, -0.2) is 44.7 Å². The van der Waals surface area contributed by atoms with Crippen LogP contribution in [-0.2, 0) is 35.0 Å². The van der Waals surface area contributed by atoms with Crippen LogP contribution in [0.5, 0.6) is 5.75 Å². The predicted molar refractivity (Wildman–Crippen MR) is 115 cm³/mol. The van der Waals surface area contributed by atoms with Crippen LogP contribution in [0.25, 0.3) is 0 Å². The lowest BCUT2D eigenvalue weighted by atomic mass is 9.92. The molecular weight excluding hydrogens is 580 g/mol. The second-order valence-corrected chi connectivity index (χ2v) is 8.55. The van der Waals surface area contributed by atoms with Crippen LogP contribution in [0.2, 0.25) is 0 Å². The van der Waals surface area contributed by atoms with Crippen molar-refractivity contribution in [3.63, 3.8) is 0 Å². The van der Waals surface area contributed by atoms with Gasteiger partial charge < -0.3 is 18.9 Å². The lowest BCUT2D eigenvalue weighted by Crippen LogP contribution is -2.35. The second-order valence-electron chi connectivity index (χ2n) is 5.99. The summed E-state index contributed by atoms with van der Waals surface area (Å²) >= 11 is 9.99. The van der Waals surface area contributed by atoms with Gasteiger partial charge in [-0.15, -0.1) is 0 Å². The number of hydrogen-bond acceptors (Lipinski definition) is 7. The highest BCUT2D eigenvalue weighted by molar-refractivity contribution is 9.12. The van der Waals surface area contributed by atoms with Crippen LogP contribution in [0.15, 0.2) is 43.5 Å². The van der Waals surface area contributed by atoms with E-state index in [0.29, 0.717) is 20.3 Å². The average molecular weight is 597 g/mol. The monoisotopic (exact) mass is 594 g/mol. The molecule has 2 rings (SSSR count). The molecular formula is C19H17Br3O7. The van der Waals surface area contributed by atoms with Gasteiger partial charge in [0, 0.05) is 7.11 Å². The SMILES string of the molecule is COC(=O)Cc1cc(Br)c(OC2=CC(CC(=O)OC)(OC)C=C(Br)C2=O)c(Br)c1. The van der Waals surface area contributed by atoms with Crippen LogP contribution >= 0.6 is 47.8 Å². The van der Waals surface area contributed by atoms with Crippen LogP contribution in [0, 0.1) is 0 Å². The van der Waals surface area contributed by atoms with Gasteiger partial charge in [0.2, 0.25) is 5.78 Å². The summed E-state index contributed by atoms with van der Waals surface area (Å²) in [7, 11) is 3.99. The lowest BCUT2D eigenvalue weighted by molar-refractivity contribution is -0.144. The van der Waals surface area contributed by atoms with Crippen LogP contribution in [0.4, 0.5) is 0 Å². The Hall–Kier alpha value is -1.49. The number of esters is 2. The van der Waals surface area contributed by atoms with Crippen molar-refractivity contribution >= 4 is 65.5 Å². The van der Waals surface area contributed by atoms with Gasteiger partial charge in [0.25, 0.3) is 0 Å². The van der Waals surface area contributed by atoms with E-state index in [1.165, 1.54) is 33.5 Å². The number of ketones is 1. The van der Waals surface area contributed by atoms with Crippen LogP contribution < -0.4 is 4.74 Å². The number of benzene rings is 1. The van der Waals surface area contributed by atoms with E-state index in [0.717, 1.165) is 0 Å². The Morgan fingerprint density at radius 3 is 2.07 bits per heavy atom. The Kier molecular flexibility index (Phi) is 8.21. The molecule has 1 unspecified atom stereocenters. The first-order valence-corrected chi connectivity index (χ1v) is 10.5. The normalized spacial score (nSPS) is 18.6. The van der Waals surface area contributed by atoms with E-state index in [9.17, 15) is 14.4 Å². The van der Waals surface area contributed by atoms with Crippen molar-refractivity contribution in [3.05, 3.63) is 49.0 Å². The number of carbonyl (C=O) groups is 3. The van der Waals surface area contributed by atoms with Crippen molar-refractivity contribution in [1.82, 2.24) is 0 Å². The first-order valence-electron chi connectivity index (χ1n) is 8.15. The number of hydrogen-bond donors (Lipinski definition) is 0. The molecule has 1 aliphatic rings. The fourth-order valence-corrected chi connectivity index (χ4v) is 4.58. The van der Waals surface area contributed by atoms with Gasteiger partial charge in [-0.1, -0.05) is 0 Å². The number of allylic oxidation sites excluding steroid dienone is 1. The van der Waals surface area contributed by atoms with E-state index in [-0.39, 0.29) is 29.1 Å². The summed E-state index contributed by atoms with van der Waals surface area (Å²) in [6, 6.07) is 3.38. The number of methoxy groups -OCH3 is 3. The number of ether oxygens (including phenoxy) is 4. The number of rotatable bonds is 7. The molecule has 0 aromatic heterocycles. The number of carbonyl (C=O) groups excluding carboxylic acids is 3. The third-order valence-electron chi connectivity index (χ3n) is 4.06. The molecule has 7 nitrogen and oxygen atoms in total. The van der Waals surface area contributed by atoms with Gasteiger partial charge in [-0.2, -0.15) is 0 Å². The zero-order chi connectivity index (χ0) is 21.8. The molecule has 0 saturated heterocycles. The minimum atomic E-state index is -1.21. The zero-order valence-corrected chi connectivity index (χ0v) is 20.5. The van der Waals surface area contributed by atoms with Crippen molar-refractivity contribution < 1.29 is 33.3 Å². The highest BCUT2D eigenvalue weighted by atomic mass is 79.9. The first-order chi connectivity index (χ1) is 13.6. The predicted octanol–water partition coefficient (Wildman–Crippen LogP) is 4.00. The minimum absolute atomic E-state index is 0.0350. The molecule has 0 radical (unpaired) electrons. The van der Waals surface area contributed by atoms with Crippen LogP contribution in [0.3, 0.4) is 0 Å². The molecule has 0 saturated carbocycles. The summed E-state index contributed by atoms with van der Waals surface area (Å²) in [5, 5.41) is 0. The summed E-state index contributed by atoms with van der Waals surface area (Å²) in [6.45, 7) is 0. The van der Waals surface area contributed by atoms with E-state index in [1.54, 1.807) is 12.1 Å². The van der Waals surface area contributed by atoms with E-state index < -0.39 is 17.4 Å². The highest BCUT2D eigenvalue weighted by Gasteiger charge is 2.37. The van der Waals surface area contributed by atoms with E-state index in [2.05, 4.69) is 52.5 Å². The van der Waals surface area contributed by atoms with Gasteiger partial charge in [0.15, 0.2) is 11.5 Å². The number of halogens is 3. The van der Waals surface area contributed by atoms with Crippen molar-refractivity contribution in [2.45, 2.75) is 18.4 Å². The van der Waals surface area contributed by atoms with Crippen molar-refractivity contribution in [2.24, 2.45) is 0 Å². The molecule has 0 spiro atoms. The lowest BCUT2D eigenvalue weighted by Gasteiger charge is -2.29. The third-order valence-corrected chi connectivity index (χ3v) is 5.83. The molecule has 0 N–H and O–H groups in total. The first kappa shape index (κ1) is 23.8. The minimum Gasteiger partial charge on any atom is -0.469 e. The maximum atomic E-state index is 12.6. The third kappa shape index (κ3) is 5.78. The molecule has 1 atom stereocenters. The fraction of sp³-hybridized carbons (Fsp3) is 0.316. The van der Waals surface area contributed by atoms with Gasteiger partial charge in [-0.05, 0) is 77.6 Å². The smallest absolute Gasteiger partial charge is 0.309 e. The summed E-state index contributed by atoms with van der Waals surface area (Å²) in [5.41, 5.74) is -0.524. The van der Waals surface area contributed by atoms with Gasteiger partial charge >= 0.3 is 11.9 Å². The Bertz CT molecular complexity index is 884. The van der Waals surface area contributed by atoms with Gasteiger partial charge in [-0.3, -0.25) is 14.4 Å². The Morgan fingerprint density at radius 1 is 0.966 bits per heavy atom. The van der Waals surface area contributed by atoms with Crippen LogP contribution in [0.1, 0.15) is 12.0 Å². The highest BCUT2D eigenvalue weighted by Crippen LogP contribution is 2.39. The molecule has 1 aliphatic carbocycles.